The smallest absolute Gasteiger partial charge is 0.140 e. The number of hydrogen-bond acceptors (Lipinski definition) is 6. The Labute approximate surface area is 174 Å². The summed E-state index contributed by atoms with van der Waals surface area (Å²) in [5.41, 5.74) is 0.831. The molecule has 0 bridgehead atoms. The lowest BCUT2D eigenvalue weighted by Crippen LogP contribution is -2.34. The summed E-state index contributed by atoms with van der Waals surface area (Å²) < 4.78 is 6.15. The molecule has 0 amide bonds. The fraction of sp³-hybridized carbons (Fsp3) is 0.565. The van der Waals surface area contributed by atoms with Crippen LogP contribution in [0, 0.1) is 0 Å². The summed E-state index contributed by atoms with van der Waals surface area (Å²) in [6.45, 7) is 4.78. The monoisotopic (exact) mass is 398 g/mol. The van der Waals surface area contributed by atoms with Gasteiger partial charge in [0.05, 0.1) is 0 Å². The van der Waals surface area contributed by atoms with Crippen molar-refractivity contribution >= 4 is 16.6 Å². The second-order valence-electron chi connectivity index (χ2n) is 8.32. The Hall–Kier alpha value is -2.02. The summed E-state index contributed by atoms with van der Waals surface area (Å²) in [4.78, 5) is 21.3. The van der Waals surface area contributed by atoms with Crippen LogP contribution in [0.3, 0.4) is 0 Å². The van der Waals surface area contributed by atoms with Crippen molar-refractivity contribution in [2.45, 2.75) is 31.8 Å². The molecule has 1 aliphatic heterocycles. The molecule has 1 aromatic heterocycles. The molecule has 6 nitrogen and oxygen atoms in total. The molecular weight excluding hydrogens is 364 g/mol. The van der Waals surface area contributed by atoms with Gasteiger partial charge in [-0.15, -0.1) is 0 Å². The molecule has 1 aromatic carbocycles. The van der Waals surface area contributed by atoms with Crippen LogP contribution in [-0.4, -0.2) is 80.5 Å². The maximum Gasteiger partial charge on any atom is 0.140 e. The highest BCUT2D eigenvalue weighted by molar-refractivity contribution is 5.85. The maximum atomic E-state index is 12.4. The van der Waals surface area contributed by atoms with E-state index in [9.17, 15) is 4.79 Å². The van der Waals surface area contributed by atoms with Gasteiger partial charge in [-0.25, -0.2) is 0 Å². The molecule has 0 spiro atoms. The van der Waals surface area contributed by atoms with Crippen LogP contribution in [0.4, 0.5) is 0 Å². The van der Waals surface area contributed by atoms with Crippen molar-refractivity contribution in [1.29, 1.82) is 0 Å². The fourth-order valence-corrected chi connectivity index (χ4v) is 3.53. The van der Waals surface area contributed by atoms with Gasteiger partial charge in [0.2, 0.25) is 0 Å². The van der Waals surface area contributed by atoms with Crippen LogP contribution in [0.1, 0.15) is 25.0 Å². The quantitative estimate of drug-likeness (QED) is 0.663. The number of fused-ring (bicyclic) bond motifs is 1. The lowest BCUT2D eigenvalue weighted by atomic mass is 10.1. The van der Waals surface area contributed by atoms with Crippen molar-refractivity contribution in [2.24, 2.45) is 0 Å². The van der Waals surface area contributed by atoms with Crippen LogP contribution in [0.15, 0.2) is 30.5 Å². The van der Waals surface area contributed by atoms with Crippen LogP contribution in [0.25, 0.3) is 10.8 Å². The topological polar surface area (TPSA) is 57.7 Å². The van der Waals surface area contributed by atoms with Gasteiger partial charge in [-0.2, -0.15) is 0 Å². The molecule has 0 radical (unpaired) electrons. The summed E-state index contributed by atoms with van der Waals surface area (Å²) >= 11 is 0. The Morgan fingerprint density at radius 1 is 1.10 bits per heavy atom. The minimum atomic E-state index is 0.232. The third-order valence-corrected chi connectivity index (χ3v) is 5.42. The first-order valence-electron chi connectivity index (χ1n) is 10.6. The van der Waals surface area contributed by atoms with Crippen LogP contribution in [0.2, 0.25) is 0 Å². The third-order valence-electron chi connectivity index (χ3n) is 5.42. The maximum absolute atomic E-state index is 12.4. The Kier molecular flexibility index (Phi) is 7.98. The van der Waals surface area contributed by atoms with E-state index in [2.05, 4.69) is 47.3 Å². The van der Waals surface area contributed by atoms with Gasteiger partial charge in [0.1, 0.15) is 17.6 Å². The number of rotatable bonds is 10. The number of ketones is 1. The van der Waals surface area contributed by atoms with Gasteiger partial charge in [-0.1, -0.05) is 0 Å². The van der Waals surface area contributed by atoms with E-state index in [1.165, 1.54) is 0 Å². The molecule has 2 heterocycles. The van der Waals surface area contributed by atoms with E-state index < -0.39 is 0 Å². The Balaban J connectivity index is 1.55. The molecule has 0 atom stereocenters. The zero-order valence-electron chi connectivity index (χ0n) is 18.0. The normalized spacial score (nSPS) is 15.3. The Bertz CT molecular complexity index is 803. The van der Waals surface area contributed by atoms with Gasteiger partial charge in [0.25, 0.3) is 0 Å². The largest absolute Gasteiger partial charge is 0.490 e. The summed E-state index contributed by atoms with van der Waals surface area (Å²) in [6, 6.07) is 8.16. The average molecular weight is 399 g/mol. The van der Waals surface area contributed by atoms with Gasteiger partial charge < -0.3 is 19.9 Å². The first kappa shape index (κ1) is 21.7. The first-order valence-corrected chi connectivity index (χ1v) is 10.6. The summed E-state index contributed by atoms with van der Waals surface area (Å²) in [6.07, 6.45) is 5.16. The zero-order valence-corrected chi connectivity index (χ0v) is 18.0. The van der Waals surface area contributed by atoms with E-state index in [-0.39, 0.29) is 11.9 Å². The standard InChI is InChI=1S/C23H34N4O2/c1-26(2)12-13-27(3)11-8-21(28)16-20-14-19-15-23(5-4-18(19)17-25-20)29-22-6-9-24-10-7-22/h4-5,14-15,17,22,24H,6-13,16H2,1-3H3. The number of benzene rings is 1. The molecule has 0 aliphatic carbocycles. The summed E-state index contributed by atoms with van der Waals surface area (Å²) in [7, 11) is 6.19. The van der Waals surface area contributed by atoms with Crippen molar-refractivity contribution in [2.75, 3.05) is 53.9 Å². The highest BCUT2D eigenvalue weighted by Crippen LogP contribution is 2.23. The van der Waals surface area contributed by atoms with E-state index in [0.29, 0.717) is 12.8 Å². The number of pyridine rings is 1. The van der Waals surface area contributed by atoms with Gasteiger partial charge in [0.15, 0.2) is 0 Å². The number of piperidine rings is 1. The number of ether oxygens (including phenoxy) is 1. The molecule has 0 saturated carbocycles. The summed E-state index contributed by atoms with van der Waals surface area (Å²) in [5.74, 6) is 1.13. The number of carbonyl (C=O) groups excluding carboxylic acids is 1. The fourth-order valence-electron chi connectivity index (χ4n) is 3.53. The molecule has 1 saturated heterocycles. The predicted octanol–water partition coefficient (Wildman–Crippen LogP) is 2.36. The molecule has 3 rings (SSSR count). The zero-order chi connectivity index (χ0) is 20.6. The molecule has 6 heteroatoms. The number of carbonyl (C=O) groups is 1. The van der Waals surface area contributed by atoms with Crippen LogP contribution < -0.4 is 10.1 Å². The molecule has 1 N–H and O–H groups in total. The lowest BCUT2D eigenvalue weighted by molar-refractivity contribution is -0.118. The minimum absolute atomic E-state index is 0.232. The number of likely N-dealkylation sites (N-methyl/N-ethyl adjacent to an activating group) is 2. The first-order chi connectivity index (χ1) is 14.0. The predicted molar refractivity (Wildman–Crippen MR) is 118 cm³/mol. The molecule has 0 unspecified atom stereocenters. The molecule has 1 aliphatic rings. The van der Waals surface area contributed by atoms with Crippen LogP contribution in [-0.2, 0) is 11.2 Å². The van der Waals surface area contributed by atoms with E-state index >= 15 is 0 Å². The van der Waals surface area contributed by atoms with Gasteiger partial charge >= 0.3 is 0 Å². The minimum Gasteiger partial charge on any atom is -0.490 e. The second-order valence-corrected chi connectivity index (χ2v) is 8.32. The highest BCUT2D eigenvalue weighted by Gasteiger charge is 2.15. The van der Waals surface area contributed by atoms with Gasteiger partial charge in [-0.3, -0.25) is 9.78 Å². The SMILES string of the molecule is CN(C)CCN(C)CCC(=O)Cc1cc2cc(OC3CCNCC3)ccc2cn1. The van der Waals surface area contributed by atoms with Gasteiger partial charge in [-0.05, 0) is 76.7 Å². The van der Waals surface area contributed by atoms with Gasteiger partial charge in [0, 0.05) is 49.8 Å². The summed E-state index contributed by atoms with van der Waals surface area (Å²) in [5, 5.41) is 5.51. The number of hydrogen-bond donors (Lipinski definition) is 1. The van der Waals surface area contributed by atoms with Crippen molar-refractivity contribution in [3.63, 3.8) is 0 Å². The second kappa shape index (κ2) is 10.7. The number of nitrogens with one attached hydrogen (secondary N) is 1. The van der Waals surface area contributed by atoms with E-state index in [0.717, 1.165) is 67.8 Å². The van der Waals surface area contributed by atoms with E-state index in [1.54, 1.807) is 0 Å². The van der Waals surface area contributed by atoms with Crippen molar-refractivity contribution in [1.82, 2.24) is 20.1 Å². The Morgan fingerprint density at radius 3 is 2.66 bits per heavy atom. The molecule has 29 heavy (non-hydrogen) atoms. The Morgan fingerprint density at radius 2 is 1.90 bits per heavy atom. The molecule has 1 fully saturated rings. The molecular formula is C23H34N4O2. The number of nitrogens with zero attached hydrogens (tertiary/aromatic N) is 3. The van der Waals surface area contributed by atoms with Crippen LogP contribution >= 0.6 is 0 Å². The average Bonchev–Trinajstić information content (AvgIpc) is 2.71. The van der Waals surface area contributed by atoms with Crippen molar-refractivity contribution in [3.05, 3.63) is 36.2 Å². The van der Waals surface area contributed by atoms with E-state index in [4.69, 9.17) is 4.74 Å². The third kappa shape index (κ3) is 7.07. The molecule has 2 aromatic rings. The highest BCUT2D eigenvalue weighted by atomic mass is 16.5. The van der Waals surface area contributed by atoms with Crippen molar-refractivity contribution < 1.29 is 9.53 Å². The molecule has 158 valence electrons. The number of aromatic nitrogens is 1. The number of Topliss-reactive ketones (excluding diaryl/α,β-unsaturated/α-hetero) is 1. The van der Waals surface area contributed by atoms with Crippen LogP contribution in [0.5, 0.6) is 5.75 Å². The lowest BCUT2D eigenvalue weighted by Gasteiger charge is -2.24. The van der Waals surface area contributed by atoms with E-state index in [1.807, 2.05) is 24.4 Å². The van der Waals surface area contributed by atoms with Crippen molar-refractivity contribution in [3.8, 4) is 5.75 Å².